The molecule has 2 atom stereocenters. The summed E-state index contributed by atoms with van der Waals surface area (Å²) in [5, 5.41) is 0. The van der Waals surface area contributed by atoms with Gasteiger partial charge in [-0.25, -0.2) is 14.5 Å². The summed E-state index contributed by atoms with van der Waals surface area (Å²) in [5.41, 5.74) is 0.996. The number of hydrogen-bond donors (Lipinski definition) is 0. The van der Waals surface area contributed by atoms with E-state index in [1.165, 1.54) is 0 Å². The lowest BCUT2D eigenvalue weighted by Gasteiger charge is -2.42. The molecule has 8 nitrogen and oxygen atoms in total. The number of hydrogen-bond acceptors (Lipinski definition) is 8. The Morgan fingerprint density at radius 3 is 1.84 bits per heavy atom. The van der Waals surface area contributed by atoms with Crippen LogP contribution in [0.25, 0.3) is 0 Å². The molecule has 4 aromatic rings. The average Bonchev–Trinajstić information content (AvgIpc) is 3.16. The molecule has 57 heavy (non-hydrogen) atoms. The molecule has 1 aliphatic heterocycles. The van der Waals surface area contributed by atoms with Gasteiger partial charge in [0.15, 0.2) is 0 Å². The zero-order chi connectivity index (χ0) is 42.3. The molecule has 0 amide bonds. The Hall–Kier alpha value is -5.18. The molecule has 0 aliphatic carbocycles. The van der Waals surface area contributed by atoms with Gasteiger partial charge >= 0.3 is 17.9 Å². The third kappa shape index (κ3) is 8.03. The summed E-state index contributed by atoms with van der Waals surface area (Å²) in [6, 6.07) is 24.2. The predicted molar refractivity (Wildman–Crippen MR) is 219 cm³/mol. The van der Waals surface area contributed by atoms with Crippen LogP contribution in [0.1, 0.15) is 144 Å². The summed E-state index contributed by atoms with van der Waals surface area (Å²) < 4.78 is 37.7. The Kier molecular flexibility index (Phi) is 11.8. The molecular weight excluding hydrogens is 724 g/mol. The molecule has 9 heteroatoms. The van der Waals surface area contributed by atoms with Crippen molar-refractivity contribution in [3.8, 4) is 23.0 Å². The van der Waals surface area contributed by atoms with E-state index in [0.717, 1.165) is 27.8 Å². The van der Waals surface area contributed by atoms with Crippen molar-refractivity contribution in [3.05, 3.63) is 118 Å². The Labute approximate surface area is 336 Å². The van der Waals surface area contributed by atoms with E-state index in [9.17, 15) is 18.9 Å². The highest BCUT2D eigenvalue weighted by atomic mass is 19.3. The van der Waals surface area contributed by atoms with E-state index in [2.05, 4.69) is 18.8 Å². The number of esters is 2. The van der Waals surface area contributed by atoms with Crippen molar-refractivity contribution < 1.29 is 42.8 Å². The van der Waals surface area contributed by atoms with Gasteiger partial charge in [-0.05, 0) is 130 Å². The highest BCUT2D eigenvalue weighted by Crippen LogP contribution is 2.44. The first kappa shape index (κ1) is 43.0. The minimum atomic E-state index is -1.10. The molecule has 0 spiro atoms. The number of carbonyl (C=O) groups excluding carboxylic acids is 3. The normalized spacial score (nSPS) is 18.0. The minimum Gasteiger partial charge on any atom is -0.486 e. The van der Waals surface area contributed by atoms with Crippen molar-refractivity contribution in [2.45, 2.75) is 125 Å². The lowest BCUT2D eigenvalue weighted by Crippen LogP contribution is -2.52. The molecule has 0 radical (unpaired) electrons. The van der Waals surface area contributed by atoms with Gasteiger partial charge in [-0.2, -0.15) is 0 Å². The van der Waals surface area contributed by atoms with E-state index in [4.69, 9.17) is 18.9 Å². The van der Waals surface area contributed by atoms with Crippen LogP contribution >= 0.6 is 0 Å². The third-order valence-electron chi connectivity index (χ3n) is 12.9. The fourth-order valence-corrected chi connectivity index (χ4v) is 7.42. The molecule has 4 aromatic carbocycles. The van der Waals surface area contributed by atoms with Crippen molar-refractivity contribution in [2.24, 2.45) is 11.3 Å². The summed E-state index contributed by atoms with van der Waals surface area (Å²) in [6.07, 6.45) is 1.15. The number of fused-ring (bicyclic) bond motifs is 1. The Morgan fingerprint density at radius 1 is 0.789 bits per heavy atom. The van der Waals surface area contributed by atoms with E-state index in [-0.39, 0.29) is 22.8 Å². The van der Waals surface area contributed by atoms with Gasteiger partial charge in [-0.15, -0.1) is 0 Å². The first-order chi connectivity index (χ1) is 26.5. The molecular formula is C48H57FO8. The molecule has 0 bridgehead atoms. The second kappa shape index (κ2) is 15.6. The first-order valence-electron chi connectivity index (χ1n) is 19.7. The van der Waals surface area contributed by atoms with Crippen LogP contribution in [-0.4, -0.2) is 29.1 Å². The number of benzene rings is 4. The zero-order valence-electron chi connectivity index (χ0n) is 35.6. The molecule has 2 unspecified atom stereocenters. The predicted octanol–water partition coefficient (Wildman–Crippen LogP) is 12.0. The number of aryl methyl sites for hydroxylation is 1. The molecule has 5 rings (SSSR count). The van der Waals surface area contributed by atoms with Crippen LogP contribution < -0.4 is 14.2 Å². The quantitative estimate of drug-likeness (QED) is 0.104. The lowest BCUT2D eigenvalue weighted by atomic mass is 9.72. The largest absolute Gasteiger partial charge is 0.486 e. The van der Waals surface area contributed by atoms with E-state index in [1.807, 2.05) is 110 Å². The van der Waals surface area contributed by atoms with Crippen LogP contribution in [0.5, 0.6) is 23.0 Å². The number of cyclic esters (lactones) is 1. The fourth-order valence-electron chi connectivity index (χ4n) is 7.42. The third-order valence-corrected chi connectivity index (χ3v) is 12.9. The number of carbonyl (C=O) groups is 3. The summed E-state index contributed by atoms with van der Waals surface area (Å²) in [6.45, 7) is 25.4. The maximum atomic E-state index is 13.4. The smallest absolute Gasteiger partial charge is 0.383 e. The molecule has 0 N–H and O–H groups in total. The van der Waals surface area contributed by atoms with E-state index in [1.54, 1.807) is 45.0 Å². The maximum Gasteiger partial charge on any atom is 0.383 e. The summed E-state index contributed by atoms with van der Waals surface area (Å²) in [5.74, 6) is -0.183. The van der Waals surface area contributed by atoms with E-state index in [0.29, 0.717) is 30.1 Å². The standard InChI is InChI=1S/C48H57FO8/c1-14-47(12)43(52)54-39-25-20-33(27-36(39)41(50)56-46(47,10)11)44(6,7)31-16-21-34(22-17-31)53-35-23-18-32(19-24-35)45(8,9)38-28-37(42(51)57-49)40(26-30(38)5)55-48(13,15-2)29(3)4/h16-29H,14-15H2,1-13H3. The van der Waals surface area contributed by atoms with Crippen LogP contribution in [0.2, 0.25) is 0 Å². The number of halogens is 1. The van der Waals surface area contributed by atoms with Crippen molar-refractivity contribution in [2.75, 3.05) is 0 Å². The van der Waals surface area contributed by atoms with Gasteiger partial charge in [0.25, 0.3) is 0 Å². The summed E-state index contributed by atoms with van der Waals surface area (Å²) >= 11 is 0. The monoisotopic (exact) mass is 780 g/mol. The van der Waals surface area contributed by atoms with E-state index < -0.39 is 45.4 Å². The zero-order valence-corrected chi connectivity index (χ0v) is 35.6. The number of ether oxygens (including phenoxy) is 4. The van der Waals surface area contributed by atoms with Gasteiger partial charge in [0.2, 0.25) is 0 Å². The number of rotatable bonds is 12. The molecule has 1 aliphatic rings. The highest BCUT2D eigenvalue weighted by Gasteiger charge is 2.52. The molecule has 304 valence electrons. The Balaban J connectivity index is 1.35. The van der Waals surface area contributed by atoms with Gasteiger partial charge in [-0.1, -0.05) is 85.7 Å². The second-order valence-electron chi connectivity index (χ2n) is 17.5. The summed E-state index contributed by atoms with van der Waals surface area (Å²) in [7, 11) is 0. The van der Waals surface area contributed by atoms with Crippen molar-refractivity contribution in [1.29, 1.82) is 0 Å². The molecule has 0 fully saturated rings. The van der Waals surface area contributed by atoms with Crippen LogP contribution in [0.15, 0.2) is 78.9 Å². The molecule has 0 aromatic heterocycles. The van der Waals surface area contributed by atoms with Gasteiger partial charge in [-0.3, -0.25) is 4.79 Å². The van der Waals surface area contributed by atoms with Gasteiger partial charge < -0.3 is 18.9 Å². The molecule has 0 saturated carbocycles. The maximum absolute atomic E-state index is 13.4. The SMILES string of the molecule is CCC(C)(Oc1cc(C)c(C(C)(C)c2ccc(Oc3ccc(C(C)(C)c4ccc5c(c4)C(=O)OC(C)(C)C(C)(CC)C(=O)O5)cc3)cc2)cc1C(=O)OF)C(C)C. The van der Waals surface area contributed by atoms with Crippen LogP contribution in [-0.2, 0) is 25.3 Å². The van der Waals surface area contributed by atoms with Gasteiger partial charge in [0, 0.05) is 15.4 Å². The fraction of sp³-hybridized carbons (Fsp3) is 0.438. The van der Waals surface area contributed by atoms with Crippen LogP contribution in [0, 0.1) is 18.3 Å². The average molecular weight is 781 g/mol. The molecule has 0 saturated heterocycles. The minimum absolute atomic E-state index is 0.0344. The van der Waals surface area contributed by atoms with Crippen LogP contribution in [0.3, 0.4) is 0 Å². The van der Waals surface area contributed by atoms with Crippen molar-refractivity contribution in [3.63, 3.8) is 0 Å². The van der Waals surface area contributed by atoms with Crippen LogP contribution in [0.4, 0.5) is 4.53 Å². The Morgan fingerprint density at radius 2 is 1.33 bits per heavy atom. The molecule has 1 heterocycles. The van der Waals surface area contributed by atoms with Gasteiger partial charge in [0.1, 0.15) is 50.7 Å². The second-order valence-corrected chi connectivity index (χ2v) is 17.5. The van der Waals surface area contributed by atoms with Gasteiger partial charge in [0.05, 0.1) is 0 Å². The van der Waals surface area contributed by atoms with E-state index >= 15 is 0 Å². The van der Waals surface area contributed by atoms with Crippen molar-refractivity contribution >= 4 is 17.9 Å². The van der Waals surface area contributed by atoms with Crippen molar-refractivity contribution in [1.82, 2.24) is 0 Å². The summed E-state index contributed by atoms with van der Waals surface area (Å²) in [4.78, 5) is 43.1. The highest BCUT2D eigenvalue weighted by molar-refractivity contribution is 5.96. The Bertz CT molecular complexity index is 2150. The first-order valence-corrected chi connectivity index (χ1v) is 19.7. The lowest BCUT2D eigenvalue weighted by molar-refractivity contribution is -0.162. The topological polar surface area (TPSA) is 97.4 Å².